The van der Waals surface area contributed by atoms with Crippen LogP contribution in [-0.2, 0) is 12.0 Å². The third-order valence-corrected chi connectivity index (χ3v) is 6.02. The fourth-order valence-corrected chi connectivity index (χ4v) is 5.06. The average molecular weight is 376 g/mol. The van der Waals surface area contributed by atoms with Gasteiger partial charge in [-0.15, -0.1) is 0 Å². The van der Waals surface area contributed by atoms with E-state index < -0.39 is 0 Å². The maximum absolute atomic E-state index is 12.0. The molecule has 2 heterocycles. The first-order chi connectivity index (χ1) is 13.6. The van der Waals surface area contributed by atoms with E-state index in [0.717, 1.165) is 41.3 Å². The molecule has 5 heteroatoms. The smallest absolute Gasteiger partial charge is 0.248 e. The highest BCUT2D eigenvalue weighted by atomic mass is 16.6. The molecule has 2 N–H and O–H groups in total. The lowest BCUT2D eigenvalue weighted by Gasteiger charge is -2.48. The van der Waals surface area contributed by atoms with E-state index in [-0.39, 0.29) is 17.0 Å². The van der Waals surface area contributed by atoms with E-state index in [0.29, 0.717) is 13.2 Å². The average Bonchev–Trinajstić information content (AvgIpc) is 2.67. The lowest BCUT2D eigenvalue weighted by molar-refractivity contribution is 0.171. The highest BCUT2D eigenvalue weighted by molar-refractivity contribution is 5.62. The number of allylic oxidation sites excluding steroid dienone is 2. The van der Waals surface area contributed by atoms with Crippen LogP contribution in [0, 0.1) is 5.92 Å². The van der Waals surface area contributed by atoms with Crippen LogP contribution >= 0.6 is 0 Å². The highest BCUT2D eigenvalue weighted by Gasteiger charge is 2.46. The van der Waals surface area contributed by atoms with Gasteiger partial charge in [0.25, 0.3) is 0 Å². The minimum atomic E-state index is -0.375. The zero-order chi connectivity index (χ0) is 19.3. The van der Waals surface area contributed by atoms with Crippen molar-refractivity contribution in [3.8, 4) is 11.5 Å². The molecule has 5 rings (SSSR count). The maximum atomic E-state index is 12.0. The van der Waals surface area contributed by atoms with Gasteiger partial charge in [0, 0.05) is 35.0 Å². The number of ether oxygens (including phenoxy) is 2. The van der Waals surface area contributed by atoms with E-state index >= 15 is 0 Å². The van der Waals surface area contributed by atoms with Crippen LogP contribution < -0.4 is 20.3 Å². The summed E-state index contributed by atoms with van der Waals surface area (Å²) in [5, 5.41) is 3.82. The molecule has 5 nitrogen and oxygen atoms in total. The molecule has 0 saturated carbocycles. The topological polar surface area (TPSA) is 63.4 Å². The number of hydrogen-bond donors (Lipinski definition) is 2. The van der Waals surface area contributed by atoms with E-state index in [2.05, 4.69) is 36.3 Å². The van der Waals surface area contributed by atoms with Crippen molar-refractivity contribution in [1.29, 1.82) is 0 Å². The molecular weight excluding hydrogens is 352 g/mol. The molecule has 28 heavy (non-hydrogen) atoms. The van der Waals surface area contributed by atoms with Gasteiger partial charge >= 0.3 is 0 Å². The number of H-pyrrole nitrogens is 1. The van der Waals surface area contributed by atoms with Crippen molar-refractivity contribution in [2.24, 2.45) is 5.92 Å². The molecule has 1 aliphatic heterocycles. The molecule has 0 fully saturated rings. The van der Waals surface area contributed by atoms with E-state index in [1.165, 1.54) is 11.1 Å². The first-order valence-corrected chi connectivity index (χ1v) is 9.83. The molecule has 1 aromatic carbocycles. The molecule has 0 unspecified atom stereocenters. The Kier molecular flexibility index (Phi) is 3.86. The van der Waals surface area contributed by atoms with Crippen molar-refractivity contribution in [2.75, 3.05) is 18.5 Å². The van der Waals surface area contributed by atoms with Crippen LogP contribution in [0.2, 0.25) is 0 Å². The van der Waals surface area contributed by atoms with Gasteiger partial charge in [0.05, 0.1) is 5.54 Å². The Bertz CT molecular complexity index is 1070. The van der Waals surface area contributed by atoms with Crippen molar-refractivity contribution in [2.45, 2.75) is 32.2 Å². The maximum Gasteiger partial charge on any atom is 0.248 e. The molecule has 144 valence electrons. The molecule has 2 aromatic rings. The lowest BCUT2D eigenvalue weighted by atomic mass is 9.63. The predicted molar refractivity (Wildman–Crippen MR) is 109 cm³/mol. The SMILES string of the molecule is C/C=C1\[C@H]2C=C(C)C[C@]1(Nc1ccc3c(c1)OCCO3)c1ccc(=O)[nH]c1C2. The van der Waals surface area contributed by atoms with Crippen LogP contribution in [0.5, 0.6) is 11.5 Å². The molecule has 2 aliphatic carbocycles. The number of anilines is 1. The van der Waals surface area contributed by atoms with Crippen LogP contribution in [0.15, 0.2) is 58.4 Å². The summed E-state index contributed by atoms with van der Waals surface area (Å²) in [5.74, 6) is 1.84. The number of benzene rings is 1. The summed E-state index contributed by atoms with van der Waals surface area (Å²) in [6.07, 6.45) is 6.25. The second kappa shape index (κ2) is 6.30. The summed E-state index contributed by atoms with van der Waals surface area (Å²) >= 11 is 0. The van der Waals surface area contributed by atoms with Crippen molar-refractivity contribution in [3.63, 3.8) is 0 Å². The molecule has 2 atom stereocenters. The molecular formula is C23H24N2O3. The number of aromatic amines is 1. The summed E-state index contributed by atoms with van der Waals surface area (Å²) in [5.41, 5.74) is 5.45. The van der Waals surface area contributed by atoms with Crippen LogP contribution in [-0.4, -0.2) is 18.2 Å². The van der Waals surface area contributed by atoms with Gasteiger partial charge in [-0.2, -0.15) is 0 Å². The summed E-state index contributed by atoms with van der Waals surface area (Å²) in [6.45, 7) is 5.44. The Balaban J connectivity index is 1.66. The van der Waals surface area contributed by atoms with Crippen LogP contribution in [0.4, 0.5) is 5.69 Å². The third-order valence-electron chi connectivity index (χ3n) is 6.02. The minimum Gasteiger partial charge on any atom is -0.486 e. The predicted octanol–water partition coefficient (Wildman–Crippen LogP) is 3.92. The lowest BCUT2D eigenvalue weighted by Crippen LogP contribution is -2.47. The molecule has 0 amide bonds. The van der Waals surface area contributed by atoms with Crippen LogP contribution in [0.25, 0.3) is 0 Å². The molecule has 2 bridgehead atoms. The summed E-state index contributed by atoms with van der Waals surface area (Å²) < 4.78 is 11.4. The van der Waals surface area contributed by atoms with Crippen molar-refractivity contribution in [3.05, 3.63) is 75.2 Å². The van der Waals surface area contributed by atoms with E-state index in [4.69, 9.17) is 9.47 Å². The van der Waals surface area contributed by atoms with Crippen LogP contribution in [0.1, 0.15) is 31.5 Å². The van der Waals surface area contributed by atoms with Gasteiger partial charge in [0.15, 0.2) is 11.5 Å². The Hall–Kier alpha value is -2.95. The van der Waals surface area contributed by atoms with Gasteiger partial charge in [0.1, 0.15) is 13.2 Å². The number of fused-ring (bicyclic) bond motifs is 5. The summed E-state index contributed by atoms with van der Waals surface area (Å²) in [7, 11) is 0. The van der Waals surface area contributed by atoms with Gasteiger partial charge < -0.3 is 19.8 Å². The van der Waals surface area contributed by atoms with E-state index in [1.807, 2.05) is 24.3 Å². The first kappa shape index (κ1) is 17.2. The standard InChI is InChI=1S/C23H24N2O3/c1-3-17-15-10-14(2)13-23(17,18-5-7-22(26)24-19(18)11-15)25-16-4-6-20-21(12-16)28-9-8-27-20/h3-7,10,12,15,25H,8-9,11,13H2,1-2H3,(H,24,26)/b17-3+/t15-,23+/m0/s1. The Morgan fingerprint density at radius 3 is 2.82 bits per heavy atom. The quantitative estimate of drug-likeness (QED) is 0.780. The molecule has 3 aliphatic rings. The van der Waals surface area contributed by atoms with Crippen molar-refractivity contribution in [1.82, 2.24) is 4.98 Å². The number of nitrogens with one attached hydrogen (secondary N) is 2. The minimum absolute atomic E-state index is 0.0454. The molecule has 1 aromatic heterocycles. The zero-order valence-corrected chi connectivity index (χ0v) is 16.2. The second-order valence-electron chi connectivity index (χ2n) is 7.85. The third kappa shape index (κ3) is 2.57. The normalized spacial score (nSPS) is 26.4. The number of rotatable bonds is 2. The summed E-state index contributed by atoms with van der Waals surface area (Å²) in [6, 6.07) is 9.63. The fraction of sp³-hybridized carbons (Fsp3) is 0.348. The monoisotopic (exact) mass is 376 g/mol. The van der Waals surface area contributed by atoms with Gasteiger partial charge in [-0.05, 0) is 50.5 Å². The van der Waals surface area contributed by atoms with Crippen molar-refractivity contribution < 1.29 is 9.47 Å². The van der Waals surface area contributed by atoms with Gasteiger partial charge in [-0.3, -0.25) is 4.79 Å². The second-order valence-corrected chi connectivity index (χ2v) is 7.85. The Morgan fingerprint density at radius 1 is 1.18 bits per heavy atom. The largest absolute Gasteiger partial charge is 0.486 e. The first-order valence-electron chi connectivity index (χ1n) is 9.83. The van der Waals surface area contributed by atoms with Crippen molar-refractivity contribution >= 4 is 5.69 Å². The van der Waals surface area contributed by atoms with Gasteiger partial charge in [0.2, 0.25) is 5.56 Å². The summed E-state index contributed by atoms with van der Waals surface area (Å²) in [4.78, 5) is 15.0. The fourth-order valence-electron chi connectivity index (χ4n) is 5.06. The van der Waals surface area contributed by atoms with Crippen LogP contribution in [0.3, 0.4) is 0 Å². The van der Waals surface area contributed by atoms with E-state index in [1.54, 1.807) is 6.07 Å². The molecule has 0 radical (unpaired) electrons. The number of pyridine rings is 1. The molecule has 0 spiro atoms. The van der Waals surface area contributed by atoms with Gasteiger partial charge in [-0.1, -0.05) is 17.7 Å². The van der Waals surface area contributed by atoms with Gasteiger partial charge in [-0.25, -0.2) is 0 Å². The molecule has 0 saturated heterocycles. The number of aromatic nitrogens is 1. The Morgan fingerprint density at radius 2 is 2.00 bits per heavy atom. The Labute approximate surface area is 164 Å². The highest BCUT2D eigenvalue weighted by Crippen LogP contribution is 2.51. The zero-order valence-electron chi connectivity index (χ0n) is 16.2. The number of hydrogen-bond acceptors (Lipinski definition) is 4. The van der Waals surface area contributed by atoms with E-state index in [9.17, 15) is 4.79 Å².